The average molecular weight is 335 g/mol. The Morgan fingerprint density at radius 2 is 1.83 bits per heavy atom. The Morgan fingerprint density at radius 1 is 1.12 bits per heavy atom. The normalized spacial score (nSPS) is 15.6. The molecule has 1 fully saturated rings. The van der Waals surface area contributed by atoms with E-state index < -0.39 is 5.82 Å². The number of carbonyl (C=O) groups is 2. The van der Waals surface area contributed by atoms with Crippen LogP contribution in [0.5, 0.6) is 0 Å². The summed E-state index contributed by atoms with van der Waals surface area (Å²) in [4.78, 5) is 23.2. The number of anilines is 1. The van der Waals surface area contributed by atoms with Crippen molar-refractivity contribution in [2.24, 2.45) is 0 Å². The highest BCUT2D eigenvalue weighted by Gasteiger charge is 2.12. The summed E-state index contributed by atoms with van der Waals surface area (Å²) in [6.45, 7) is 2.53. The summed E-state index contributed by atoms with van der Waals surface area (Å²) in [6.07, 6.45) is 7.57. The fraction of sp³-hybridized carbons (Fsp3) is 0.556. The first-order valence-corrected chi connectivity index (χ1v) is 8.65. The van der Waals surface area contributed by atoms with Gasteiger partial charge in [-0.25, -0.2) is 4.39 Å². The minimum atomic E-state index is -0.559. The second-order valence-corrected chi connectivity index (χ2v) is 6.27. The van der Waals surface area contributed by atoms with Crippen LogP contribution in [0.25, 0.3) is 0 Å². The molecule has 0 unspecified atom stereocenters. The van der Waals surface area contributed by atoms with Crippen LogP contribution in [-0.2, 0) is 4.79 Å². The fourth-order valence-corrected chi connectivity index (χ4v) is 2.99. The van der Waals surface area contributed by atoms with Gasteiger partial charge in [-0.2, -0.15) is 0 Å². The lowest BCUT2D eigenvalue weighted by Crippen LogP contribution is -2.36. The van der Waals surface area contributed by atoms with Crippen LogP contribution in [0, 0.1) is 5.82 Å². The quantitative estimate of drug-likeness (QED) is 0.553. The van der Waals surface area contributed by atoms with Crippen molar-refractivity contribution in [2.75, 3.05) is 18.4 Å². The molecule has 132 valence electrons. The Balaban J connectivity index is 1.78. The number of hydrogen-bond donors (Lipinski definition) is 3. The highest BCUT2D eigenvalue weighted by Crippen LogP contribution is 2.17. The van der Waals surface area contributed by atoms with Gasteiger partial charge in [0.15, 0.2) is 0 Å². The van der Waals surface area contributed by atoms with E-state index in [-0.39, 0.29) is 17.5 Å². The molecule has 1 saturated carbocycles. The highest BCUT2D eigenvalue weighted by molar-refractivity contribution is 5.96. The molecule has 0 spiro atoms. The van der Waals surface area contributed by atoms with Crippen molar-refractivity contribution >= 4 is 17.5 Å². The van der Waals surface area contributed by atoms with Gasteiger partial charge in [0.25, 0.3) is 5.91 Å². The third kappa shape index (κ3) is 5.92. The van der Waals surface area contributed by atoms with Gasteiger partial charge in [-0.3, -0.25) is 9.59 Å². The lowest BCUT2D eigenvalue weighted by atomic mass is 10.1. The van der Waals surface area contributed by atoms with E-state index in [0.29, 0.717) is 18.2 Å². The molecule has 0 bridgehead atoms. The van der Waals surface area contributed by atoms with Gasteiger partial charge < -0.3 is 16.0 Å². The summed E-state index contributed by atoms with van der Waals surface area (Å²) < 4.78 is 13.6. The molecule has 0 aromatic heterocycles. The monoisotopic (exact) mass is 335 g/mol. The molecule has 1 aliphatic carbocycles. The Labute approximate surface area is 142 Å². The molecule has 5 nitrogen and oxygen atoms in total. The van der Waals surface area contributed by atoms with Crippen molar-refractivity contribution in [3.05, 3.63) is 29.6 Å². The van der Waals surface area contributed by atoms with Gasteiger partial charge in [0.05, 0.1) is 5.69 Å². The second-order valence-electron chi connectivity index (χ2n) is 6.27. The number of halogens is 1. The SMILES string of the molecule is CC(=O)Nc1cc(C(=O)NCCNC2CCCCCC2)ccc1F. The van der Waals surface area contributed by atoms with Gasteiger partial charge in [0.1, 0.15) is 5.82 Å². The van der Waals surface area contributed by atoms with Gasteiger partial charge in [-0.15, -0.1) is 0 Å². The van der Waals surface area contributed by atoms with Crippen molar-refractivity contribution in [2.45, 2.75) is 51.5 Å². The zero-order chi connectivity index (χ0) is 17.4. The molecule has 2 amide bonds. The molecule has 3 N–H and O–H groups in total. The van der Waals surface area contributed by atoms with Gasteiger partial charge in [0.2, 0.25) is 5.91 Å². The summed E-state index contributed by atoms with van der Waals surface area (Å²) in [5.74, 6) is -1.21. The molecule has 0 saturated heterocycles. The van der Waals surface area contributed by atoms with Gasteiger partial charge in [-0.1, -0.05) is 25.7 Å². The first kappa shape index (κ1) is 18.4. The minimum Gasteiger partial charge on any atom is -0.351 e. The van der Waals surface area contributed by atoms with E-state index in [1.165, 1.54) is 63.6 Å². The number of hydrogen-bond acceptors (Lipinski definition) is 3. The first-order chi connectivity index (χ1) is 11.6. The molecular weight excluding hydrogens is 309 g/mol. The summed E-state index contributed by atoms with van der Waals surface area (Å²) in [7, 11) is 0. The van der Waals surface area contributed by atoms with Crippen LogP contribution in [0.2, 0.25) is 0 Å². The van der Waals surface area contributed by atoms with Crippen molar-refractivity contribution in [1.82, 2.24) is 10.6 Å². The standard InChI is InChI=1S/C18H26FN3O2/c1-13(23)22-17-12-14(8-9-16(17)19)18(24)21-11-10-20-15-6-4-2-3-5-7-15/h8-9,12,15,20H,2-7,10-11H2,1H3,(H,21,24)(H,22,23). The zero-order valence-corrected chi connectivity index (χ0v) is 14.2. The maximum Gasteiger partial charge on any atom is 0.251 e. The maximum absolute atomic E-state index is 13.6. The minimum absolute atomic E-state index is 0.0201. The van der Waals surface area contributed by atoms with Crippen LogP contribution in [0.4, 0.5) is 10.1 Å². The number of benzene rings is 1. The van der Waals surface area contributed by atoms with Gasteiger partial charge in [-0.05, 0) is 31.0 Å². The van der Waals surface area contributed by atoms with Crippen LogP contribution in [0.3, 0.4) is 0 Å². The summed E-state index contributed by atoms with van der Waals surface area (Å²) in [5.41, 5.74) is 0.348. The molecule has 1 aromatic carbocycles. The largest absolute Gasteiger partial charge is 0.351 e. The predicted molar refractivity (Wildman–Crippen MR) is 92.5 cm³/mol. The highest BCUT2D eigenvalue weighted by atomic mass is 19.1. The van der Waals surface area contributed by atoms with E-state index in [0.717, 1.165) is 6.54 Å². The predicted octanol–water partition coefficient (Wildman–Crippen LogP) is 2.83. The average Bonchev–Trinajstić information content (AvgIpc) is 2.82. The lowest BCUT2D eigenvalue weighted by Gasteiger charge is -2.16. The van der Waals surface area contributed by atoms with E-state index >= 15 is 0 Å². The Hall–Kier alpha value is -1.95. The molecule has 0 heterocycles. The number of carbonyl (C=O) groups excluding carboxylic acids is 2. The van der Waals surface area contributed by atoms with E-state index in [1.807, 2.05) is 0 Å². The van der Waals surface area contributed by atoms with Crippen LogP contribution in [-0.4, -0.2) is 30.9 Å². The van der Waals surface area contributed by atoms with E-state index in [9.17, 15) is 14.0 Å². The van der Waals surface area contributed by atoms with Crippen LogP contribution in [0.15, 0.2) is 18.2 Å². The zero-order valence-electron chi connectivity index (χ0n) is 14.2. The molecule has 0 atom stereocenters. The number of nitrogens with one attached hydrogen (secondary N) is 3. The van der Waals surface area contributed by atoms with Crippen molar-refractivity contribution in [3.8, 4) is 0 Å². The first-order valence-electron chi connectivity index (χ1n) is 8.65. The molecule has 0 aliphatic heterocycles. The summed E-state index contributed by atoms with van der Waals surface area (Å²) in [5, 5.41) is 8.68. The molecular formula is C18H26FN3O2. The lowest BCUT2D eigenvalue weighted by molar-refractivity contribution is -0.114. The van der Waals surface area contributed by atoms with Crippen LogP contribution >= 0.6 is 0 Å². The summed E-state index contributed by atoms with van der Waals surface area (Å²) >= 11 is 0. The molecule has 24 heavy (non-hydrogen) atoms. The van der Waals surface area contributed by atoms with Crippen molar-refractivity contribution < 1.29 is 14.0 Å². The Morgan fingerprint density at radius 3 is 2.50 bits per heavy atom. The third-order valence-electron chi connectivity index (χ3n) is 4.24. The van der Waals surface area contributed by atoms with E-state index in [1.54, 1.807) is 0 Å². The second kappa shape index (κ2) is 9.37. The summed E-state index contributed by atoms with van der Waals surface area (Å²) in [6, 6.07) is 4.49. The fourth-order valence-electron chi connectivity index (χ4n) is 2.99. The molecule has 1 aromatic rings. The molecule has 6 heteroatoms. The Bertz CT molecular complexity index is 569. The number of rotatable bonds is 6. The van der Waals surface area contributed by atoms with Crippen LogP contribution < -0.4 is 16.0 Å². The topological polar surface area (TPSA) is 70.2 Å². The Kier molecular flexibility index (Phi) is 7.18. The van der Waals surface area contributed by atoms with Crippen molar-refractivity contribution in [1.29, 1.82) is 0 Å². The van der Waals surface area contributed by atoms with Crippen LogP contribution in [0.1, 0.15) is 55.8 Å². The van der Waals surface area contributed by atoms with E-state index in [2.05, 4.69) is 16.0 Å². The van der Waals surface area contributed by atoms with E-state index in [4.69, 9.17) is 0 Å². The van der Waals surface area contributed by atoms with Gasteiger partial charge in [0, 0.05) is 31.6 Å². The van der Waals surface area contributed by atoms with Gasteiger partial charge >= 0.3 is 0 Å². The van der Waals surface area contributed by atoms with Crippen molar-refractivity contribution in [3.63, 3.8) is 0 Å². The smallest absolute Gasteiger partial charge is 0.251 e. The molecule has 2 rings (SSSR count). The molecule has 1 aliphatic rings. The third-order valence-corrected chi connectivity index (χ3v) is 4.24. The molecule has 0 radical (unpaired) electrons. The maximum atomic E-state index is 13.6. The number of amides is 2.